The van der Waals surface area contributed by atoms with Crippen molar-refractivity contribution in [3.63, 3.8) is 0 Å². The first-order valence-corrected chi connectivity index (χ1v) is 8.33. The first-order valence-electron chi connectivity index (χ1n) is 7.54. The highest BCUT2D eigenvalue weighted by Gasteiger charge is 2.20. The lowest BCUT2D eigenvalue weighted by molar-refractivity contribution is 0.168. The van der Waals surface area contributed by atoms with Gasteiger partial charge in [0.15, 0.2) is 0 Å². The lowest BCUT2D eigenvalue weighted by Gasteiger charge is -2.32. The van der Waals surface area contributed by atoms with Gasteiger partial charge in [-0.1, -0.05) is 48.0 Å². The molecule has 1 heterocycles. The lowest BCUT2D eigenvalue weighted by Crippen LogP contribution is -2.38. The van der Waals surface area contributed by atoms with E-state index in [1.807, 2.05) is 18.5 Å². The number of pyridine rings is 1. The van der Waals surface area contributed by atoms with Crippen LogP contribution < -0.4 is 5.73 Å². The van der Waals surface area contributed by atoms with E-state index in [9.17, 15) is 0 Å². The summed E-state index contributed by atoms with van der Waals surface area (Å²) in [5.41, 5.74) is 8.53. The summed E-state index contributed by atoms with van der Waals surface area (Å²) in [4.78, 5) is 6.65. The summed E-state index contributed by atoms with van der Waals surface area (Å²) < 4.78 is 1.12. The van der Waals surface area contributed by atoms with E-state index in [0.717, 1.165) is 24.1 Å². The molecular weight excluding hydrogens is 338 g/mol. The van der Waals surface area contributed by atoms with Crippen LogP contribution in [0, 0.1) is 5.41 Å². The molecule has 0 aliphatic rings. The van der Waals surface area contributed by atoms with Gasteiger partial charge in [0.2, 0.25) is 0 Å². The Morgan fingerprint density at radius 3 is 2.50 bits per heavy atom. The Hall–Kier alpha value is -1.23. The van der Waals surface area contributed by atoms with E-state index in [4.69, 9.17) is 5.73 Å². The van der Waals surface area contributed by atoms with Crippen molar-refractivity contribution in [1.29, 1.82) is 0 Å². The molecule has 1 aromatic carbocycles. The van der Waals surface area contributed by atoms with Crippen molar-refractivity contribution in [1.82, 2.24) is 9.88 Å². The third-order valence-electron chi connectivity index (χ3n) is 3.63. The number of hydrogen-bond acceptors (Lipinski definition) is 3. The molecule has 0 atom stereocenters. The van der Waals surface area contributed by atoms with E-state index in [0.29, 0.717) is 6.54 Å². The fourth-order valence-corrected chi connectivity index (χ4v) is 2.93. The molecule has 0 saturated heterocycles. The number of rotatable bonds is 7. The normalized spacial score (nSPS) is 11.9. The van der Waals surface area contributed by atoms with Gasteiger partial charge < -0.3 is 5.73 Å². The van der Waals surface area contributed by atoms with Crippen molar-refractivity contribution in [2.45, 2.75) is 26.9 Å². The minimum Gasteiger partial charge on any atom is -0.330 e. The lowest BCUT2D eigenvalue weighted by atomic mass is 9.92. The van der Waals surface area contributed by atoms with Gasteiger partial charge in [-0.3, -0.25) is 9.88 Å². The molecule has 0 amide bonds. The van der Waals surface area contributed by atoms with Gasteiger partial charge >= 0.3 is 0 Å². The van der Waals surface area contributed by atoms with Gasteiger partial charge in [-0.2, -0.15) is 0 Å². The molecule has 0 aliphatic heterocycles. The zero-order chi connectivity index (χ0) is 16.0. The molecule has 118 valence electrons. The Balaban J connectivity index is 2.14. The van der Waals surface area contributed by atoms with Crippen LogP contribution in [-0.4, -0.2) is 23.0 Å². The summed E-state index contributed by atoms with van der Waals surface area (Å²) in [5.74, 6) is 0. The molecule has 0 fully saturated rings. The van der Waals surface area contributed by atoms with Gasteiger partial charge in [0.05, 0.1) is 0 Å². The van der Waals surface area contributed by atoms with E-state index in [-0.39, 0.29) is 5.41 Å². The van der Waals surface area contributed by atoms with Crippen molar-refractivity contribution < 1.29 is 0 Å². The molecule has 3 nitrogen and oxygen atoms in total. The van der Waals surface area contributed by atoms with E-state index < -0.39 is 0 Å². The smallest absolute Gasteiger partial charge is 0.0312 e. The number of nitrogens with two attached hydrogens (primary N) is 1. The predicted molar refractivity (Wildman–Crippen MR) is 95.3 cm³/mol. The second kappa shape index (κ2) is 7.86. The van der Waals surface area contributed by atoms with Gasteiger partial charge in [-0.25, -0.2) is 0 Å². The average molecular weight is 362 g/mol. The monoisotopic (exact) mass is 361 g/mol. The highest BCUT2D eigenvalue weighted by atomic mass is 79.9. The summed E-state index contributed by atoms with van der Waals surface area (Å²) in [6, 6.07) is 12.6. The summed E-state index contributed by atoms with van der Waals surface area (Å²) in [6.07, 6.45) is 3.75. The largest absolute Gasteiger partial charge is 0.330 e. The molecule has 2 N–H and O–H groups in total. The van der Waals surface area contributed by atoms with Gasteiger partial charge in [-0.15, -0.1) is 0 Å². The molecule has 0 spiro atoms. The van der Waals surface area contributed by atoms with Gasteiger partial charge in [-0.05, 0) is 41.3 Å². The Morgan fingerprint density at radius 1 is 1.14 bits per heavy atom. The Labute approximate surface area is 141 Å². The molecule has 0 unspecified atom stereocenters. The number of hydrogen-bond donors (Lipinski definition) is 1. The average Bonchev–Trinajstić information content (AvgIpc) is 2.48. The summed E-state index contributed by atoms with van der Waals surface area (Å²) >= 11 is 3.55. The van der Waals surface area contributed by atoms with E-state index >= 15 is 0 Å². The van der Waals surface area contributed by atoms with Gasteiger partial charge in [0, 0.05) is 36.5 Å². The highest BCUT2D eigenvalue weighted by molar-refractivity contribution is 9.10. The van der Waals surface area contributed by atoms with E-state index in [1.165, 1.54) is 11.1 Å². The third kappa shape index (κ3) is 5.52. The fourth-order valence-electron chi connectivity index (χ4n) is 2.48. The second-order valence-corrected chi connectivity index (χ2v) is 7.42. The first kappa shape index (κ1) is 17.1. The molecular formula is C18H24BrN3. The molecule has 0 saturated carbocycles. The third-order valence-corrected chi connectivity index (χ3v) is 4.12. The highest BCUT2D eigenvalue weighted by Crippen LogP contribution is 2.20. The molecule has 4 heteroatoms. The quantitative estimate of drug-likeness (QED) is 0.814. The number of benzene rings is 1. The summed E-state index contributed by atoms with van der Waals surface area (Å²) in [5, 5.41) is 0. The maximum absolute atomic E-state index is 5.92. The molecule has 0 aliphatic carbocycles. The van der Waals surface area contributed by atoms with Crippen LogP contribution in [0.4, 0.5) is 0 Å². The van der Waals surface area contributed by atoms with E-state index in [1.54, 1.807) is 0 Å². The molecule has 0 bridgehead atoms. The Kier molecular flexibility index (Phi) is 6.12. The first-order chi connectivity index (χ1) is 10.5. The van der Waals surface area contributed by atoms with Crippen LogP contribution in [-0.2, 0) is 13.1 Å². The van der Waals surface area contributed by atoms with Crippen LogP contribution in [0.5, 0.6) is 0 Å². The van der Waals surface area contributed by atoms with Crippen LogP contribution in [0.1, 0.15) is 25.0 Å². The zero-order valence-corrected chi connectivity index (χ0v) is 14.9. The fraction of sp³-hybridized carbons (Fsp3) is 0.389. The van der Waals surface area contributed by atoms with Gasteiger partial charge in [0.25, 0.3) is 0 Å². The topological polar surface area (TPSA) is 42.1 Å². The number of nitrogens with zero attached hydrogens (tertiary/aromatic N) is 2. The molecule has 2 aromatic rings. The number of halogens is 1. The zero-order valence-electron chi connectivity index (χ0n) is 13.3. The maximum Gasteiger partial charge on any atom is 0.0312 e. The van der Waals surface area contributed by atoms with Crippen molar-refractivity contribution in [3.8, 4) is 0 Å². The predicted octanol–water partition coefficient (Wildman–Crippen LogP) is 3.83. The van der Waals surface area contributed by atoms with Crippen LogP contribution in [0.2, 0.25) is 0 Å². The van der Waals surface area contributed by atoms with Crippen molar-refractivity contribution in [2.75, 3.05) is 13.1 Å². The standard InChI is InChI=1S/C18H24BrN3/c1-18(2,13-20)14-22(12-16-6-4-8-21-10-16)11-15-5-3-7-17(19)9-15/h3-10H,11-14,20H2,1-2H3. The van der Waals surface area contributed by atoms with Crippen molar-refractivity contribution in [3.05, 3.63) is 64.4 Å². The SMILES string of the molecule is CC(C)(CN)CN(Cc1cccnc1)Cc1cccc(Br)c1. The summed E-state index contributed by atoms with van der Waals surface area (Å²) in [7, 11) is 0. The molecule has 1 aromatic heterocycles. The van der Waals surface area contributed by atoms with Gasteiger partial charge in [0.1, 0.15) is 0 Å². The number of aromatic nitrogens is 1. The second-order valence-electron chi connectivity index (χ2n) is 6.50. The maximum atomic E-state index is 5.92. The molecule has 22 heavy (non-hydrogen) atoms. The van der Waals surface area contributed by atoms with Crippen molar-refractivity contribution >= 4 is 15.9 Å². The van der Waals surface area contributed by atoms with E-state index in [2.05, 4.69) is 70.0 Å². The minimum atomic E-state index is 0.0915. The Bertz CT molecular complexity index is 584. The Morgan fingerprint density at radius 2 is 1.86 bits per heavy atom. The van der Waals surface area contributed by atoms with Crippen LogP contribution >= 0.6 is 15.9 Å². The minimum absolute atomic E-state index is 0.0915. The van der Waals surface area contributed by atoms with Crippen LogP contribution in [0.25, 0.3) is 0 Å². The van der Waals surface area contributed by atoms with Crippen LogP contribution in [0.15, 0.2) is 53.3 Å². The van der Waals surface area contributed by atoms with Crippen molar-refractivity contribution in [2.24, 2.45) is 11.1 Å². The van der Waals surface area contributed by atoms with Crippen LogP contribution in [0.3, 0.4) is 0 Å². The molecule has 0 radical (unpaired) electrons. The molecule has 2 rings (SSSR count). The summed E-state index contributed by atoms with van der Waals surface area (Å²) in [6.45, 7) is 7.83.